The molecule has 1 atom stereocenters. The highest BCUT2D eigenvalue weighted by Gasteiger charge is 2.38. The van der Waals surface area contributed by atoms with Crippen LogP contribution in [0.4, 0.5) is 0 Å². The molecule has 3 rings (SSSR count). The lowest BCUT2D eigenvalue weighted by atomic mass is 9.77. The molecule has 0 aromatic carbocycles. The molecule has 1 aliphatic carbocycles. The van der Waals surface area contributed by atoms with Crippen molar-refractivity contribution in [2.75, 3.05) is 6.54 Å². The Morgan fingerprint density at radius 1 is 1.38 bits per heavy atom. The van der Waals surface area contributed by atoms with E-state index in [4.69, 9.17) is 4.52 Å². The summed E-state index contributed by atoms with van der Waals surface area (Å²) >= 11 is 0. The fraction of sp³-hybridized carbons (Fsp3) is 0.833. The molecule has 1 aromatic rings. The molecule has 88 valence electrons. The van der Waals surface area contributed by atoms with Crippen LogP contribution in [0.25, 0.3) is 0 Å². The molecule has 0 spiro atoms. The third kappa shape index (κ3) is 1.75. The number of rotatable bonds is 2. The van der Waals surface area contributed by atoms with Gasteiger partial charge in [-0.15, -0.1) is 0 Å². The fourth-order valence-corrected chi connectivity index (χ4v) is 2.50. The van der Waals surface area contributed by atoms with Gasteiger partial charge in [0.1, 0.15) is 0 Å². The van der Waals surface area contributed by atoms with Crippen molar-refractivity contribution in [3.05, 3.63) is 11.7 Å². The predicted molar refractivity (Wildman–Crippen MR) is 60.0 cm³/mol. The quantitative estimate of drug-likeness (QED) is 0.833. The highest BCUT2D eigenvalue weighted by atomic mass is 16.5. The van der Waals surface area contributed by atoms with Crippen LogP contribution >= 0.6 is 0 Å². The molecule has 1 N–H and O–H groups in total. The number of hydrogen-bond acceptors (Lipinski definition) is 4. The first kappa shape index (κ1) is 10.3. The molecule has 1 unspecified atom stereocenters. The Kier molecular flexibility index (Phi) is 2.28. The maximum atomic E-state index is 5.42. The van der Waals surface area contributed by atoms with E-state index in [0.29, 0.717) is 5.92 Å². The zero-order valence-electron chi connectivity index (χ0n) is 9.99. The summed E-state index contributed by atoms with van der Waals surface area (Å²) in [6, 6.07) is 0.223. The second kappa shape index (κ2) is 3.55. The Morgan fingerprint density at radius 2 is 2.19 bits per heavy atom. The Hall–Kier alpha value is -0.900. The summed E-state index contributed by atoms with van der Waals surface area (Å²) in [7, 11) is 0. The molecule has 2 aliphatic rings. The highest BCUT2D eigenvalue weighted by Crippen LogP contribution is 2.42. The Balaban J connectivity index is 1.83. The van der Waals surface area contributed by atoms with Crippen LogP contribution in [0.1, 0.15) is 63.2 Å². The summed E-state index contributed by atoms with van der Waals surface area (Å²) in [6.45, 7) is 5.59. The van der Waals surface area contributed by atoms with Gasteiger partial charge in [-0.1, -0.05) is 19.0 Å². The molecule has 2 heterocycles. The van der Waals surface area contributed by atoms with Crippen LogP contribution in [-0.2, 0) is 0 Å². The van der Waals surface area contributed by atoms with Crippen molar-refractivity contribution in [2.45, 2.75) is 51.5 Å². The fourth-order valence-electron chi connectivity index (χ4n) is 2.50. The first-order valence-electron chi connectivity index (χ1n) is 6.24. The van der Waals surface area contributed by atoms with Crippen molar-refractivity contribution < 1.29 is 4.52 Å². The average molecular weight is 221 g/mol. The molecule has 1 saturated carbocycles. The minimum absolute atomic E-state index is 0.214. The number of nitrogens with one attached hydrogen (secondary N) is 1. The van der Waals surface area contributed by atoms with Crippen LogP contribution in [0.5, 0.6) is 0 Å². The Bertz CT molecular complexity index is 381. The lowest BCUT2D eigenvalue weighted by Gasteiger charge is -2.36. The SMILES string of the molecule is CC1(C)CCCNC1c1nc(C2CC2)no1. The maximum Gasteiger partial charge on any atom is 0.244 e. The smallest absolute Gasteiger partial charge is 0.244 e. The standard InChI is InChI=1S/C12H19N3O/c1-12(2)6-3-7-13-9(12)11-14-10(15-16-11)8-4-5-8/h8-9,13H,3-7H2,1-2H3. The normalized spacial score (nSPS) is 29.2. The van der Waals surface area contributed by atoms with E-state index in [1.54, 1.807) is 0 Å². The van der Waals surface area contributed by atoms with Gasteiger partial charge in [0.05, 0.1) is 6.04 Å². The first-order chi connectivity index (χ1) is 7.67. The van der Waals surface area contributed by atoms with Crippen LogP contribution in [0.15, 0.2) is 4.52 Å². The molecule has 0 bridgehead atoms. The van der Waals surface area contributed by atoms with Crippen molar-refractivity contribution in [3.8, 4) is 0 Å². The number of hydrogen-bond donors (Lipinski definition) is 1. The van der Waals surface area contributed by atoms with Gasteiger partial charge in [-0.25, -0.2) is 0 Å². The molecule has 1 saturated heterocycles. The second-order valence-corrected chi connectivity index (χ2v) is 5.74. The van der Waals surface area contributed by atoms with Crippen molar-refractivity contribution in [2.24, 2.45) is 5.41 Å². The van der Waals surface area contributed by atoms with Crippen LogP contribution in [0, 0.1) is 5.41 Å². The molecule has 0 amide bonds. The molecule has 1 aromatic heterocycles. The minimum atomic E-state index is 0.214. The van der Waals surface area contributed by atoms with Crippen molar-refractivity contribution >= 4 is 0 Å². The summed E-state index contributed by atoms with van der Waals surface area (Å²) < 4.78 is 5.42. The van der Waals surface area contributed by atoms with E-state index >= 15 is 0 Å². The summed E-state index contributed by atoms with van der Waals surface area (Å²) in [5.41, 5.74) is 0.214. The van der Waals surface area contributed by atoms with E-state index in [1.807, 2.05) is 0 Å². The molecule has 4 nitrogen and oxygen atoms in total. The topological polar surface area (TPSA) is 51.0 Å². The highest BCUT2D eigenvalue weighted by molar-refractivity contribution is 5.07. The molecule has 2 fully saturated rings. The Labute approximate surface area is 95.8 Å². The van der Waals surface area contributed by atoms with Crippen molar-refractivity contribution in [3.63, 3.8) is 0 Å². The molecular formula is C12H19N3O. The summed E-state index contributed by atoms with van der Waals surface area (Å²) in [5.74, 6) is 2.27. The third-order valence-electron chi connectivity index (χ3n) is 3.77. The van der Waals surface area contributed by atoms with Gasteiger partial charge in [-0.2, -0.15) is 4.98 Å². The summed E-state index contributed by atoms with van der Waals surface area (Å²) in [5, 5.41) is 7.59. The third-order valence-corrected chi connectivity index (χ3v) is 3.77. The van der Waals surface area contributed by atoms with Crippen LogP contribution in [0.2, 0.25) is 0 Å². The van der Waals surface area contributed by atoms with E-state index in [-0.39, 0.29) is 11.5 Å². The van der Waals surface area contributed by atoms with Gasteiger partial charge >= 0.3 is 0 Å². The van der Waals surface area contributed by atoms with Gasteiger partial charge < -0.3 is 9.84 Å². The predicted octanol–water partition coefficient (Wildman–Crippen LogP) is 2.40. The number of piperidine rings is 1. The largest absolute Gasteiger partial charge is 0.338 e. The number of aromatic nitrogens is 2. The van der Waals surface area contributed by atoms with E-state index in [0.717, 1.165) is 18.3 Å². The van der Waals surface area contributed by atoms with Gasteiger partial charge in [0.2, 0.25) is 5.89 Å². The van der Waals surface area contributed by atoms with E-state index < -0.39 is 0 Å². The second-order valence-electron chi connectivity index (χ2n) is 5.74. The van der Waals surface area contributed by atoms with Crippen LogP contribution in [-0.4, -0.2) is 16.7 Å². The van der Waals surface area contributed by atoms with Gasteiger partial charge in [-0.3, -0.25) is 0 Å². The molecule has 1 aliphatic heterocycles. The average Bonchev–Trinajstić information content (AvgIpc) is 2.98. The van der Waals surface area contributed by atoms with Gasteiger partial charge in [0.25, 0.3) is 0 Å². The van der Waals surface area contributed by atoms with E-state index in [9.17, 15) is 0 Å². The van der Waals surface area contributed by atoms with Crippen molar-refractivity contribution in [1.29, 1.82) is 0 Å². The van der Waals surface area contributed by atoms with E-state index in [2.05, 4.69) is 29.3 Å². The molecule has 16 heavy (non-hydrogen) atoms. The lowest BCUT2D eigenvalue weighted by molar-refractivity contribution is 0.146. The lowest BCUT2D eigenvalue weighted by Crippen LogP contribution is -2.39. The zero-order valence-corrected chi connectivity index (χ0v) is 9.99. The molecular weight excluding hydrogens is 202 g/mol. The van der Waals surface area contributed by atoms with Crippen LogP contribution in [0.3, 0.4) is 0 Å². The van der Waals surface area contributed by atoms with Gasteiger partial charge in [0, 0.05) is 5.92 Å². The summed E-state index contributed by atoms with van der Waals surface area (Å²) in [6.07, 6.45) is 4.89. The zero-order chi connectivity index (χ0) is 11.2. The van der Waals surface area contributed by atoms with Gasteiger partial charge in [0.15, 0.2) is 5.82 Å². The monoisotopic (exact) mass is 221 g/mol. The minimum Gasteiger partial charge on any atom is -0.338 e. The first-order valence-corrected chi connectivity index (χ1v) is 6.24. The molecule has 0 radical (unpaired) electrons. The maximum absolute atomic E-state index is 5.42. The molecule has 4 heteroatoms. The van der Waals surface area contributed by atoms with Gasteiger partial charge in [-0.05, 0) is 37.6 Å². The van der Waals surface area contributed by atoms with Crippen LogP contribution < -0.4 is 5.32 Å². The van der Waals surface area contributed by atoms with Crippen molar-refractivity contribution in [1.82, 2.24) is 15.5 Å². The Morgan fingerprint density at radius 3 is 2.88 bits per heavy atom. The number of nitrogens with zero attached hydrogens (tertiary/aromatic N) is 2. The van der Waals surface area contributed by atoms with E-state index in [1.165, 1.54) is 25.7 Å². The summed E-state index contributed by atoms with van der Waals surface area (Å²) in [4.78, 5) is 4.55.